The van der Waals surface area contributed by atoms with E-state index in [1.807, 2.05) is 46.0 Å². The SMILES string of the molecule is CC(=O)N1CCC(N2Cc3ccccc3-n3cccc3[C@H]2C(=O)O)CC1. The van der Waals surface area contributed by atoms with E-state index >= 15 is 0 Å². The minimum atomic E-state index is -0.827. The predicted molar refractivity (Wildman–Crippen MR) is 97.0 cm³/mol. The van der Waals surface area contributed by atoms with Gasteiger partial charge in [-0.3, -0.25) is 14.5 Å². The highest BCUT2D eigenvalue weighted by Gasteiger charge is 2.38. The maximum absolute atomic E-state index is 12.2. The Morgan fingerprint density at radius 3 is 2.50 bits per heavy atom. The number of piperidine rings is 1. The monoisotopic (exact) mass is 353 g/mol. The lowest BCUT2D eigenvalue weighted by molar-refractivity contribution is -0.146. The summed E-state index contributed by atoms with van der Waals surface area (Å²) in [6.45, 7) is 3.56. The average Bonchev–Trinajstić information content (AvgIpc) is 3.05. The molecule has 0 spiro atoms. The zero-order valence-electron chi connectivity index (χ0n) is 14.8. The van der Waals surface area contributed by atoms with Crippen molar-refractivity contribution in [1.29, 1.82) is 0 Å². The minimum Gasteiger partial charge on any atom is -0.480 e. The minimum absolute atomic E-state index is 0.0910. The van der Waals surface area contributed by atoms with Gasteiger partial charge in [0.2, 0.25) is 5.91 Å². The number of carbonyl (C=O) groups is 2. The molecule has 2 aliphatic rings. The summed E-state index contributed by atoms with van der Waals surface area (Å²) >= 11 is 0. The summed E-state index contributed by atoms with van der Waals surface area (Å²) in [6.07, 6.45) is 3.53. The van der Waals surface area contributed by atoms with Gasteiger partial charge in [0.05, 0.1) is 5.69 Å². The van der Waals surface area contributed by atoms with Crippen LogP contribution in [0.2, 0.25) is 0 Å². The molecule has 2 aliphatic heterocycles. The first-order valence-corrected chi connectivity index (χ1v) is 9.06. The summed E-state index contributed by atoms with van der Waals surface area (Å²) in [4.78, 5) is 27.8. The van der Waals surface area contributed by atoms with Crippen LogP contribution in [0.15, 0.2) is 42.6 Å². The highest BCUT2D eigenvalue weighted by molar-refractivity contribution is 5.76. The van der Waals surface area contributed by atoms with E-state index in [2.05, 4.69) is 11.0 Å². The van der Waals surface area contributed by atoms with Crippen LogP contribution in [0.5, 0.6) is 0 Å². The number of carboxylic acids is 1. The Bertz CT molecular complexity index is 836. The standard InChI is InChI=1S/C20H23N3O3/c1-14(24)21-11-8-16(9-12-21)23-13-15-5-2-3-6-17(15)22-10-4-7-18(22)19(23)20(25)26/h2-7,10,16,19H,8-9,11-13H2,1H3,(H,25,26)/t19-/m0/s1. The fraction of sp³-hybridized carbons (Fsp3) is 0.400. The molecule has 4 rings (SSSR count). The van der Waals surface area contributed by atoms with Gasteiger partial charge in [-0.2, -0.15) is 0 Å². The van der Waals surface area contributed by atoms with Crippen LogP contribution in [-0.4, -0.2) is 50.5 Å². The molecule has 0 unspecified atom stereocenters. The van der Waals surface area contributed by atoms with Crippen LogP contribution in [0.3, 0.4) is 0 Å². The first kappa shape index (κ1) is 16.8. The molecule has 0 saturated carbocycles. The second-order valence-electron chi connectivity index (χ2n) is 7.08. The van der Waals surface area contributed by atoms with Gasteiger partial charge in [-0.25, -0.2) is 0 Å². The Morgan fingerprint density at radius 2 is 1.81 bits per heavy atom. The van der Waals surface area contributed by atoms with E-state index in [9.17, 15) is 14.7 Å². The van der Waals surface area contributed by atoms with Crippen LogP contribution in [0.25, 0.3) is 5.69 Å². The largest absolute Gasteiger partial charge is 0.480 e. The molecule has 26 heavy (non-hydrogen) atoms. The number of amides is 1. The summed E-state index contributed by atoms with van der Waals surface area (Å²) in [5.74, 6) is -0.736. The van der Waals surface area contributed by atoms with Gasteiger partial charge >= 0.3 is 5.97 Å². The fourth-order valence-corrected chi connectivity index (χ4v) is 4.29. The maximum Gasteiger partial charge on any atom is 0.327 e. The van der Waals surface area contributed by atoms with Crippen molar-refractivity contribution in [2.75, 3.05) is 13.1 Å². The lowest BCUT2D eigenvalue weighted by Gasteiger charge is -2.40. The van der Waals surface area contributed by atoms with E-state index < -0.39 is 12.0 Å². The Hall–Kier alpha value is -2.60. The number of fused-ring (bicyclic) bond motifs is 3. The van der Waals surface area contributed by atoms with Crippen LogP contribution in [0.1, 0.15) is 37.1 Å². The average molecular weight is 353 g/mol. The van der Waals surface area contributed by atoms with E-state index in [4.69, 9.17) is 0 Å². The molecule has 2 aromatic rings. The molecular formula is C20H23N3O3. The molecule has 1 aromatic heterocycles. The summed E-state index contributed by atoms with van der Waals surface area (Å²) in [5.41, 5.74) is 2.96. The third-order valence-electron chi connectivity index (χ3n) is 5.61. The number of para-hydroxylation sites is 1. The fourth-order valence-electron chi connectivity index (χ4n) is 4.29. The maximum atomic E-state index is 12.2. The van der Waals surface area contributed by atoms with Crippen molar-refractivity contribution in [3.8, 4) is 5.69 Å². The summed E-state index contributed by atoms with van der Waals surface area (Å²) in [7, 11) is 0. The molecule has 0 aliphatic carbocycles. The van der Waals surface area contributed by atoms with Crippen molar-refractivity contribution in [3.63, 3.8) is 0 Å². The Balaban J connectivity index is 1.73. The first-order valence-electron chi connectivity index (χ1n) is 9.06. The van der Waals surface area contributed by atoms with Gasteiger partial charge in [0.15, 0.2) is 0 Å². The predicted octanol–water partition coefficient (Wildman–Crippen LogP) is 2.43. The molecular weight excluding hydrogens is 330 g/mol. The number of carboxylic acid groups (broad SMARTS) is 1. The van der Waals surface area contributed by atoms with Crippen molar-refractivity contribution in [3.05, 3.63) is 53.9 Å². The number of rotatable bonds is 2. The van der Waals surface area contributed by atoms with E-state index in [0.29, 0.717) is 19.6 Å². The number of likely N-dealkylation sites (tertiary alicyclic amines) is 1. The Morgan fingerprint density at radius 1 is 1.08 bits per heavy atom. The summed E-state index contributed by atoms with van der Waals surface area (Å²) < 4.78 is 2.00. The lowest BCUT2D eigenvalue weighted by Crippen LogP contribution is -2.48. The molecule has 1 saturated heterocycles. The molecule has 136 valence electrons. The number of nitrogens with zero attached hydrogens (tertiary/aromatic N) is 3. The molecule has 1 atom stereocenters. The molecule has 1 amide bonds. The first-order chi connectivity index (χ1) is 12.6. The summed E-state index contributed by atoms with van der Waals surface area (Å²) in [5, 5.41) is 10.0. The molecule has 6 heteroatoms. The van der Waals surface area contributed by atoms with Crippen molar-refractivity contribution in [2.24, 2.45) is 0 Å². The number of aliphatic carboxylic acids is 1. The van der Waals surface area contributed by atoms with Gasteiger partial charge in [0.25, 0.3) is 0 Å². The second kappa shape index (κ2) is 6.61. The molecule has 1 fully saturated rings. The number of hydrogen-bond donors (Lipinski definition) is 1. The molecule has 0 radical (unpaired) electrons. The van der Waals surface area contributed by atoms with Crippen molar-refractivity contribution >= 4 is 11.9 Å². The van der Waals surface area contributed by atoms with Gasteiger partial charge in [0.1, 0.15) is 6.04 Å². The smallest absolute Gasteiger partial charge is 0.327 e. The molecule has 0 bridgehead atoms. The van der Waals surface area contributed by atoms with Crippen molar-refractivity contribution < 1.29 is 14.7 Å². The van der Waals surface area contributed by atoms with E-state index in [-0.39, 0.29) is 11.9 Å². The zero-order chi connectivity index (χ0) is 18.3. The Kier molecular flexibility index (Phi) is 4.28. The van der Waals surface area contributed by atoms with Gasteiger partial charge in [-0.05, 0) is 36.6 Å². The van der Waals surface area contributed by atoms with Gasteiger partial charge in [-0.1, -0.05) is 18.2 Å². The molecule has 1 aromatic carbocycles. The number of carbonyl (C=O) groups excluding carboxylic acids is 1. The molecule has 1 N–H and O–H groups in total. The summed E-state index contributed by atoms with van der Waals surface area (Å²) in [6, 6.07) is 11.4. The topological polar surface area (TPSA) is 65.8 Å². The van der Waals surface area contributed by atoms with Crippen LogP contribution >= 0.6 is 0 Å². The van der Waals surface area contributed by atoms with E-state index in [0.717, 1.165) is 29.8 Å². The van der Waals surface area contributed by atoms with Crippen LogP contribution in [0, 0.1) is 0 Å². The lowest BCUT2D eigenvalue weighted by atomic mass is 9.99. The van der Waals surface area contributed by atoms with Crippen LogP contribution in [0.4, 0.5) is 0 Å². The van der Waals surface area contributed by atoms with Crippen LogP contribution < -0.4 is 0 Å². The molecule has 3 heterocycles. The quantitative estimate of drug-likeness (QED) is 0.901. The van der Waals surface area contributed by atoms with Crippen molar-refractivity contribution in [1.82, 2.24) is 14.4 Å². The normalized spacial score (nSPS) is 21.0. The second-order valence-corrected chi connectivity index (χ2v) is 7.08. The number of benzene rings is 1. The Labute approximate surface area is 152 Å². The van der Waals surface area contributed by atoms with E-state index in [1.165, 1.54) is 0 Å². The number of aromatic nitrogens is 1. The van der Waals surface area contributed by atoms with Gasteiger partial charge < -0.3 is 14.6 Å². The van der Waals surface area contributed by atoms with Gasteiger partial charge in [-0.15, -0.1) is 0 Å². The number of hydrogen-bond acceptors (Lipinski definition) is 3. The zero-order valence-corrected chi connectivity index (χ0v) is 14.8. The van der Waals surface area contributed by atoms with Gasteiger partial charge in [0, 0.05) is 44.5 Å². The van der Waals surface area contributed by atoms with Crippen LogP contribution in [-0.2, 0) is 16.1 Å². The third-order valence-corrected chi connectivity index (χ3v) is 5.61. The van der Waals surface area contributed by atoms with Crippen molar-refractivity contribution in [2.45, 2.75) is 38.4 Å². The third kappa shape index (κ3) is 2.80. The van der Waals surface area contributed by atoms with E-state index in [1.54, 1.807) is 6.92 Å². The highest BCUT2D eigenvalue weighted by Crippen LogP contribution is 2.35. The highest BCUT2D eigenvalue weighted by atomic mass is 16.4. The molecule has 6 nitrogen and oxygen atoms in total.